The lowest BCUT2D eigenvalue weighted by atomic mass is 9.96. The molecule has 1 N–H and O–H groups in total. The topological polar surface area (TPSA) is 46.5 Å². The predicted molar refractivity (Wildman–Crippen MR) is 63.3 cm³/mol. The summed E-state index contributed by atoms with van der Waals surface area (Å²) in [7, 11) is 0. The van der Waals surface area contributed by atoms with Gasteiger partial charge in [0.1, 0.15) is 11.3 Å². The third-order valence-corrected chi connectivity index (χ3v) is 2.26. The highest BCUT2D eigenvalue weighted by molar-refractivity contribution is 5.92. The maximum atomic E-state index is 11.2. The van der Waals surface area contributed by atoms with Gasteiger partial charge in [-0.25, -0.2) is 4.79 Å². The van der Waals surface area contributed by atoms with Crippen LogP contribution < -0.4 is 4.74 Å². The number of carboxylic acid groups (broad SMARTS) is 1. The van der Waals surface area contributed by atoms with Gasteiger partial charge in [0.2, 0.25) is 0 Å². The van der Waals surface area contributed by atoms with Gasteiger partial charge in [0.15, 0.2) is 0 Å². The monoisotopic (exact) mass is 222 g/mol. The molecule has 0 aliphatic heterocycles. The van der Waals surface area contributed by atoms with Crippen molar-refractivity contribution >= 4 is 5.97 Å². The molecule has 0 aromatic heterocycles. The summed E-state index contributed by atoms with van der Waals surface area (Å²) in [5, 5.41) is 9.23. The van der Waals surface area contributed by atoms with E-state index >= 15 is 0 Å². The van der Waals surface area contributed by atoms with Crippen LogP contribution in [0.15, 0.2) is 18.2 Å². The van der Waals surface area contributed by atoms with Gasteiger partial charge in [0, 0.05) is 0 Å². The maximum Gasteiger partial charge on any atom is 0.339 e. The lowest BCUT2D eigenvalue weighted by molar-refractivity contribution is 0.0688. The van der Waals surface area contributed by atoms with Crippen LogP contribution in [0.3, 0.4) is 0 Å². The van der Waals surface area contributed by atoms with E-state index < -0.39 is 5.97 Å². The number of benzene rings is 1. The predicted octanol–water partition coefficient (Wildman–Crippen LogP) is 3.30. The van der Waals surface area contributed by atoms with Crippen molar-refractivity contribution in [1.82, 2.24) is 0 Å². The Labute approximate surface area is 96.1 Å². The SMILES string of the molecule is CC(C)Oc1cccc(C(C)C)c1C(=O)O. The summed E-state index contributed by atoms with van der Waals surface area (Å²) in [6.07, 6.45) is -0.0273. The highest BCUT2D eigenvalue weighted by Gasteiger charge is 2.18. The van der Waals surface area contributed by atoms with E-state index in [0.717, 1.165) is 5.56 Å². The maximum absolute atomic E-state index is 11.2. The number of ether oxygens (including phenoxy) is 1. The Balaban J connectivity index is 3.27. The molecule has 0 fully saturated rings. The van der Waals surface area contributed by atoms with Gasteiger partial charge >= 0.3 is 5.97 Å². The first-order chi connectivity index (χ1) is 7.43. The average Bonchev–Trinajstić information content (AvgIpc) is 2.15. The molecule has 0 aliphatic carbocycles. The molecule has 0 saturated carbocycles. The second-order valence-corrected chi connectivity index (χ2v) is 4.35. The number of hydrogen-bond acceptors (Lipinski definition) is 2. The van der Waals surface area contributed by atoms with Gasteiger partial charge in [-0.3, -0.25) is 0 Å². The van der Waals surface area contributed by atoms with Crippen molar-refractivity contribution < 1.29 is 14.6 Å². The molecule has 1 aromatic carbocycles. The number of carbonyl (C=O) groups is 1. The van der Waals surface area contributed by atoms with E-state index in [1.165, 1.54) is 0 Å². The van der Waals surface area contributed by atoms with Crippen LogP contribution in [-0.2, 0) is 0 Å². The zero-order valence-corrected chi connectivity index (χ0v) is 10.2. The Morgan fingerprint density at radius 2 is 1.88 bits per heavy atom. The van der Waals surface area contributed by atoms with Crippen molar-refractivity contribution in [1.29, 1.82) is 0 Å². The minimum atomic E-state index is -0.931. The first-order valence-electron chi connectivity index (χ1n) is 5.46. The highest BCUT2D eigenvalue weighted by atomic mass is 16.5. The molecule has 0 spiro atoms. The molecule has 1 rings (SSSR count). The van der Waals surface area contributed by atoms with E-state index in [1.807, 2.05) is 39.8 Å². The fourth-order valence-corrected chi connectivity index (χ4v) is 1.61. The summed E-state index contributed by atoms with van der Waals surface area (Å²) < 4.78 is 5.52. The molecular weight excluding hydrogens is 204 g/mol. The van der Waals surface area contributed by atoms with Gasteiger partial charge in [0.05, 0.1) is 6.10 Å². The Hall–Kier alpha value is -1.51. The summed E-state index contributed by atoms with van der Waals surface area (Å²) in [5.41, 5.74) is 1.09. The van der Waals surface area contributed by atoms with Crippen LogP contribution in [0.2, 0.25) is 0 Å². The van der Waals surface area contributed by atoms with E-state index in [1.54, 1.807) is 6.07 Å². The minimum Gasteiger partial charge on any atom is -0.490 e. The molecule has 3 heteroatoms. The van der Waals surface area contributed by atoms with Crippen LogP contribution in [0.1, 0.15) is 49.5 Å². The molecule has 3 nitrogen and oxygen atoms in total. The summed E-state index contributed by atoms with van der Waals surface area (Å²) in [4.78, 5) is 11.2. The molecule has 0 heterocycles. The molecule has 0 saturated heterocycles. The second kappa shape index (κ2) is 5.01. The zero-order valence-electron chi connectivity index (χ0n) is 10.2. The van der Waals surface area contributed by atoms with Crippen LogP contribution in [-0.4, -0.2) is 17.2 Å². The first-order valence-corrected chi connectivity index (χ1v) is 5.46. The van der Waals surface area contributed by atoms with Crippen LogP contribution in [0, 0.1) is 0 Å². The van der Waals surface area contributed by atoms with E-state index in [0.29, 0.717) is 5.75 Å². The van der Waals surface area contributed by atoms with E-state index in [4.69, 9.17) is 4.74 Å². The summed E-state index contributed by atoms with van der Waals surface area (Å²) >= 11 is 0. The van der Waals surface area contributed by atoms with Crippen LogP contribution in [0.5, 0.6) is 5.75 Å². The van der Waals surface area contributed by atoms with Gasteiger partial charge in [0.25, 0.3) is 0 Å². The van der Waals surface area contributed by atoms with Crippen molar-refractivity contribution in [3.8, 4) is 5.75 Å². The molecule has 0 amide bonds. The fourth-order valence-electron chi connectivity index (χ4n) is 1.61. The van der Waals surface area contributed by atoms with Gasteiger partial charge in [-0.15, -0.1) is 0 Å². The van der Waals surface area contributed by atoms with Crippen LogP contribution in [0.4, 0.5) is 0 Å². The molecule has 0 unspecified atom stereocenters. The van der Waals surface area contributed by atoms with Crippen molar-refractivity contribution in [3.05, 3.63) is 29.3 Å². The molecule has 16 heavy (non-hydrogen) atoms. The third kappa shape index (κ3) is 2.75. The normalized spacial score (nSPS) is 10.9. The molecule has 88 valence electrons. The Kier molecular flexibility index (Phi) is 3.93. The summed E-state index contributed by atoms with van der Waals surface area (Å²) in [6.45, 7) is 7.71. The van der Waals surface area contributed by atoms with Crippen molar-refractivity contribution in [2.24, 2.45) is 0 Å². The third-order valence-electron chi connectivity index (χ3n) is 2.26. The second-order valence-electron chi connectivity index (χ2n) is 4.35. The lowest BCUT2D eigenvalue weighted by Gasteiger charge is -2.16. The molecule has 0 aliphatic rings. The number of aromatic carboxylic acids is 1. The fraction of sp³-hybridized carbons (Fsp3) is 0.462. The Morgan fingerprint density at radius 1 is 1.25 bits per heavy atom. The van der Waals surface area contributed by atoms with E-state index in [-0.39, 0.29) is 17.6 Å². The van der Waals surface area contributed by atoms with Crippen molar-refractivity contribution in [3.63, 3.8) is 0 Å². The van der Waals surface area contributed by atoms with E-state index in [9.17, 15) is 9.90 Å². The summed E-state index contributed by atoms with van der Waals surface area (Å²) in [5.74, 6) is -0.310. The van der Waals surface area contributed by atoms with E-state index in [2.05, 4.69) is 0 Å². The lowest BCUT2D eigenvalue weighted by Crippen LogP contribution is -2.12. The summed E-state index contributed by atoms with van der Waals surface area (Å²) in [6, 6.07) is 5.37. The molecular formula is C13H18O3. The smallest absolute Gasteiger partial charge is 0.339 e. The van der Waals surface area contributed by atoms with Gasteiger partial charge in [-0.2, -0.15) is 0 Å². The number of rotatable bonds is 4. The standard InChI is InChI=1S/C13H18O3/c1-8(2)10-6-5-7-11(16-9(3)4)12(10)13(14)15/h5-9H,1-4H3,(H,14,15). The largest absolute Gasteiger partial charge is 0.490 e. The Bertz CT molecular complexity index is 381. The number of carboxylic acids is 1. The van der Waals surface area contributed by atoms with Crippen LogP contribution >= 0.6 is 0 Å². The molecule has 0 atom stereocenters. The van der Waals surface area contributed by atoms with Gasteiger partial charge < -0.3 is 9.84 Å². The minimum absolute atomic E-state index is 0.0273. The molecule has 0 bridgehead atoms. The highest BCUT2D eigenvalue weighted by Crippen LogP contribution is 2.28. The molecule has 0 radical (unpaired) electrons. The zero-order chi connectivity index (χ0) is 12.3. The van der Waals surface area contributed by atoms with Gasteiger partial charge in [-0.05, 0) is 31.4 Å². The van der Waals surface area contributed by atoms with Crippen molar-refractivity contribution in [2.45, 2.75) is 39.7 Å². The quantitative estimate of drug-likeness (QED) is 0.850. The van der Waals surface area contributed by atoms with Crippen LogP contribution in [0.25, 0.3) is 0 Å². The van der Waals surface area contributed by atoms with Gasteiger partial charge in [-0.1, -0.05) is 26.0 Å². The van der Waals surface area contributed by atoms with Crippen molar-refractivity contribution in [2.75, 3.05) is 0 Å². The Morgan fingerprint density at radius 3 is 2.31 bits per heavy atom. The molecule has 1 aromatic rings. The average molecular weight is 222 g/mol. The number of hydrogen-bond donors (Lipinski definition) is 1. The first kappa shape index (κ1) is 12.6.